The van der Waals surface area contributed by atoms with Crippen molar-refractivity contribution in [2.75, 3.05) is 0 Å². The summed E-state index contributed by atoms with van der Waals surface area (Å²) < 4.78 is 44.3. The standard InChI is InChI=1S/C29H28F3N2O2/c1-2-3-7-27-24(23-6-4-5-8-26(23)36-27)18-34-28(35)21-11-9-19(10-12-21)17-25(33)20-13-15-22(16-14-20)29(30,31)32/h4-6,8-16,25,33H,2-3,7,17-18H2,1H3,(H,34,35). The van der Waals surface area contributed by atoms with Crippen LogP contribution >= 0.6 is 0 Å². The van der Waals surface area contributed by atoms with Crippen molar-refractivity contribution in [1.82, 2.24) is 11.1 Å². The minimum Gasteiger partial charge on any atom is -0.461 e. The Morgan fingerprint density at radius 3 is 2.36 bits per heavy atom. The van der Waals surface area contributed by atoms with Gasteiger partial charge in [0, 0.05) is 29.5 Å². The summed E-state index contributed by atoms with van der Waals surface area (Å²) in [6.45, 7) is 2.49. The van der Waals surface area contributed by atoms with Crippen molar-refractivity contribution in [1.29, 1.82) is 0 Å². The largest absolute Gasteiger partial charge is 0.461 e. The first-order valence-electron chi connectivity index (χ1n) is 12.0. The molecule has 0 aliphatic carbocycles. The Balaban J connectivity index is 1.39. The highest BCUT2D eigenvalue weighted by molar-refractivity contribution is 5.94. The van der Waals surface area contributed by atoms with E-state index < -0.39 is 17.8 Å². The van der Waals surface area contributed by atoms with E-state index in [1.165, 1.54) is 12.1 Å². The lowest BCUT2D eigenvalue weighted by atomic mass is 9.98. The molecule has 4 aromatic rings. The number of benzene rings is 3. The zero-order valence-corrected chi connectivity index (χ0v) is 20.0. The number of fused-ring (bicyclic) bond motifs is 1. The Morgan fingerprint density at radius 1 is 1.00 bits per heavy atom. The molecule has 0 aliphatic heterocycles. The number of carbonyl (C=O) groups excluding carboxylic acids is 1. The second-order valence-electron chi connectivity index (χ2n) is 8.86. The fourth-order valence-electron chi connectivity index (χ4n) is 4.20. The molecule has 1 heterocycles. The number of hydrogen-bond donors (Lipinski definition) is 1. The van der Waals surface area contributed by atoms with Crippen molar-refractivity contribution in [2.45, 2.75) is 51.4 Å². The van der Waals surface area contributed by atoms with Crippen LogP contribution < -0.4 is 11.1 Å². The van der Waals surface area contributed by atoms with Gasteiger partial charge in [0.05, 0.1) is 11.6 Å². The molecule has 0 fully saturated rings. The maximum absolute atomic E-state index is 12.8. The van der Waals surface area contributed by atoms with Crippen molar-refractivity contribution in [3.8, 4) is 0 Å². The molecule has 0 bridgehead atoms. The maximum atomic E-state index is 12.8. The molecule has 2 N–H and O–H groups in total. The van der Waals surface area contributed by atoms with Gasteiger partial charge in [0.15, 0.2) is 0 Å². The van der Waals surface area contributed by atoms with Crippen molar-refractivity contribution in [3.05, 3.63) is 106 Å². The molecule has 0 saturated carbocycles. The number of nitrogens with one attached hydrogen (secondary N) is 2. The third-order valence-corrected chi connectivity index (χ3v) is 6.26. The molecule has 1 radical (unpaired) electrons. The van der Waals surface area contributed by atoms with Crippen LogP contribution in [0.5, 0.6) is 0 Å². The number of furan rings is 1. The number of halogens is 3. The van der Waals surface area contributed by atoms with Crippen LogP contribution in [0.3, 0.4) is 0 Å². The highest BCUT2D eigenvalue weighted by Gasteiger charge is 2.30. The van der Waals surface area contributed by atoms with E-state index in [1.807, 2.05) is 24.3 Å². The van der Waals surface area contributed by atoms with E-state index in [4.69, 9.17) is 10.2 Å². The molecule has 1 unspecified atom stereocenters. The zero-order valence-electron chi connectivity index (χ0n) is 20.0. The smallest absolute Gasteiger partial charge is 0.416 e. The van der Waals surface area contributed by atoms with E-state index in [0.29, 0.717) is 24.1 Å². The minimum atomic E-state index is -4.39. The van der Waals surface area contributed by atoms with Gasteiger partial charge in [-0.1, -0.05) is 55.8 Å². The van der Waals surface area contributed by atoms with Crippen molar-refractivity contribution in [3.63, 3.8) is 0 Å². The molecular formula is C29H28F3N2O2. The number of rotatable bonds is 9. The molecule has 4 nitrogen and oxygen atoms in total. The lowest BCUT2D eigenvalue weighted by Crippen LogP contribution is -2.23. The van der Waals surface area contributed by atoms with Gasteiger partial charge in [0.1, 0.15) is 11.3 Å². The lowest BCUT2D eigenvalue weighted by Gasteiger charge is -2.13. The third-order valence-electron chi connectivity index (χ3n) is 6.26. The highest BCUT2D eigenvalue weighted by Crippen LogP contribution is 2.30. The first kappa shape index (κ1) is 25.5. The molecule has 7 heteroatoms. The zero-order chi connectivity index (χ0) is 25.7. The molecule has 187 valence electrons. The van der Waals surface area contributed by atoms with Gasteiger partial charge in [0.2, 0.25) is 0 Å². The summed E-state index contributed by atoms with van der Waals surface area (Å²) in [6, 6.07) is 18.8. The SMILES string of the molecule is CCCCc1oc2ccccc2c1CNC(=O)c1ccc(CC([NH])c2ccc(C(F)(F)F)cc2)cc1. The normalized spacial score (nSPS) is 12.6. The van der Waals surface area contributed by atoms with Gasteiger partial charge >= 0.3 is 6.18 Å². The molecule has 1 atom stereocenters. The van der Waals surface area contributed by atoms with Gasteiger partial charge < -0.3 is 9.73 Å². The molecule has 0 spiro atoms. The summed E-state index contributed by atoms with van der Waals surface area (Å²) >= 11 is 0. The number of unbranched alkanes of at least 4 members (excludes halogenated alkanes) is 1. The van der Waals surface area contributed by atoms with Crippen molar-refractivity contribution < 1.29 is 22.4 Å². The Bertz CT molecular complexity index is 1310. The van der Waals surface area contributed by atoms with E-state index >= 15 is 0 Å². The second kappa shape index (κ2) is 11.0. The van der Waals surface area contributed by atoms with Gasteiger partial charge in [-0.2, -0.15) is 13.2 Å². The minimum absolute atomic E-state index is 0.210. The van der Waals surface area contributed by atoms with Crippen molar-refractivity contribution >= 4 is 16.9 Å². The highest BCUT2D eigenvalue weighted by atomic mass is 19.4. The van der Waals surface area contributed by atoms with Crippen LogP contribution in [0.2, 0.25) is 0 Å². The first-order chi connectivity index (χ1) is 17.3. The quantitative estimate of drug-likeness (QED) is 0.266. The van der Waals surface area contributed by atoms with Crippen LogP contribution in [0.15, 0.2) is 77.2 Å². The molecular weight excluding hydrogens is 465 g/mol. The van der Waals surface area contributed by atoms with Gasteiger partial charge in [-0.25, -0.2) is 5.73 Å². The van der Waals surface area contributed by atoms with Crippen LogP contribution in [0.4, 0.5) is 13.2 Å². The number of amides is 1. The third kappa shape index (κ3) is 5.97. The predicted molar refractivity (Wildman–Crippen MR) is 133 cm³/mol. The topological polar surface area (TPSA) is 66.0 Å². The van der Waals surface area contributed by atoms with E-state index in [-0.39, 0.29) is 5.91 Å². The number of carbonyl (C=O) groups is 1. The van der Waals surface area contributed by atoms with Gasteiger partial charge in [-0.3, -0.25) is 4.79 Å². The Morgan fingerprint density at radius 2 is 1.69 bits per heavy atom. The Kier molecular flexibility index (Phi) is 7.79. The molecule has 36 heavy (non-hydrogen) atoms. The molecule has 0 saturated heterocycles. The predicted octanol–water partition coefficient (Wildman–Crippen LogP) is 7.29. The van der Waals surface area contributed by atoms with Crippen LogP contribution in [-0.4, -0.2) is 5.91 Å². The Labute approximate surface area is 208 Å². The fourth-order valence-corrected chi connectivity index (χ4v) is 4.20. The summed E-state index contributed by atoms with van der Waals surface area (Å²) in [7, 11) is 0. The maximum Gasteiger partial charge on any atom is 0.416 e. The van der Waals surface area contributed by atoms with Gasteiger partial charge in [0.25, 0.3) is 5.91 Å². The van der Waals surface area contributed by atoms with Gasteiger partial charge in [-0.15, -0.1) is 0 Å². The van der Waals surface area contributed by atoms with Crippen LogP contribution in [-0.2, 0) is 25.6 Å². The van der Waals surface area contributed by atoms with E-state index in [1.54, 1.807) is 24.3 Å². The number of aryl methyl sites for hydroxylation is 1. The monoisotopic (exact) mass is 493 g/mol. The van der Waals surface area contributed by atoms with Crippen molar-refractivity contribution in [2.24, 2.45) is 0 Å². The van der Waals surface area contributed by atoms with Gasteiger partial charge in [-0.05, 0) is 54.3 Å². The second-order valence-corrected chi connectivity index (χ2v) is 8.86. The Hall–Kier alpha value is -3.58. The van der Waals surface area contributed by atoms with Crippen LogP contribution in [0.25, 0.3) is 11.0 Å². The average Bonchev–Trinajstić information content (AvgIpc) is 3.23. The number of hydrogen-bond acceptors (Lipinski definition) is 2. The first-order valence-corrected chi connectivity index (χ1v) is 12.0. The van der Waals surface area contributed by atoms with Crippen LogP contribution in [0.1, 0.15) is 64.2 Å². The van der Waals surface area contributed by atoms with E-state index in [0.717, 1.165) is 59.3 Å². The molecule has 0 aliphatic rings. The number of alkyl halides is 3. The summed E-state index contributed by atoms with van der Waals surface area (Å²) in [6.07, 6.45) is -1.19. The lowest BCUT2D eigenvalue weighted by molar-refractivity contribution is -0.137. The molecule has 1 amide bonds. The average molecular weight is 494 g/mol. The summed E-state index contributed by atoms with van der Waals surface area (Å²) in [5.41, 5.74) is 11.2. The number of para-hydroxylation sites is 1. The fraction of sp³-hybridized carbons (Fsp3) is 0.276. The van der Waals surface area contributed by atoms with E-state index in [2.05, 4.69) is 12.2 Å². The molecule has 1 aromatic heterocycles. The molecule has 3 aromatic carbocycles. The van der Waals surface area contributed by atoms with E-state index in [9.17, 15) is 18.0 Å². The molecule has 4 rings (SSSR count). The summed E-state index contributed by atoms with van der Waals surface area (Å²) in [5, 5.41) is 3.99. The summed E-state index contributed by atoms with van der Waals surface area (Å²) in [4.78, 5) is 12.8. The van der Waals surface area contributed by atoms with Crippen LogP contribution in [0, 0.1) is 0 Å². The summed E-state index contributed by atoms with van der Waals surface area (Å²) in [5.74, 6) is 0.692.